The van der Waals surface area contributed by atoms with Crippen LogP contribution in [0.1, 0.15) is 155 Å². The molecule has 0 fully saturated rings. The highest BCUT2D eigenvalue weighted by molar-refractivity contribution is 7.47. The van der Waals surface area contributed by atoms with E-state index in [1.807, 2.05) is 28.1 Å². The number of nitrogens with one attached hydrogen (secondary N) is 1. The summed E-state index contributed by atoms with van der Waals surface area (Å²) in [6.45, 7) is 4.32. The van der Waals surface area contributed by atoms with Crippen LogP contribution in [0.3, 0.4) is 0 Å². The van der Waals surface area contributed by atoms with Crippen LogP contribution in [0.2, 0.25) is 0 Å². The zero-order valence-corrected chi connectivity index (χ0v) is 34.8. The van der Waals surface area contributed by atoms with Crippen molar-refractivity contribution in [2.45, 2.75) is 173 Å². The maximum absolute atomic E-state index is 12.9. The van der Waals surface area contributed by atoms with Gasteiger partial charge < -0.3 is 24.9 Å². The van der Waals surface area contributed by atoms with Crippen LogP contribution in [-0.4, -0.2) is 84.6 Å². The first-order valence-electron chi connectivity index (χ1n) is 20.6. The van der Waals surface area contributed by atoms with Crippen LogP contribution >= 0.6 is 7.82 Å². The Morgan fingerprint density at radius 1 is 0.692 bits per heavy atom. The molecule has 1 amide bonds. The molecule has 0 aliphatic heterocycles. The van der Waals surface area contributed by atoms with Crippen LogP contribution in [0.15, 0.2) is 48.6 Å². The number of hydrogen-bond donors (Lipinski definition) is 4. The van der Waals surface area contributed by atoms with Crippen LogP contribution in [0.4, 0.5) is 0 Å². The molecule has 0 aromatic rings. The number of allylic oxidation sites excluding steroid dienone is 8. The first kappa shape index (κ1) is 50.4. The van der Waals surface area contributed by atoms with Crippen LogP contribution in [-0.2, 0) is 18.4 Å². The van der Waals surface area contributed by atoms with E-state index in [9.17, 15) is 24.5 Å². The highest BCUT2D eigenvalue weighted by Crippen LogP contribution is 2.43. The van der Waals surface area contributed by atoms with Gasteiger partial charge >= 0.3 is 7.82 Å². The lowest BCUT2D eigenvalue weighted by Crippen LogP contribution is -2.51. The van der Waals surface area contributed by atoms with Crippen molar-refractivity contribution in [3.63, 3.8) is 0 Å². The largest absolute Gasteiger partial charge is 0.472 e. The minimum atomic E-state index is -4.43. The van der Waals surface area contributed by atoms with Gasteiger partial charge in [-0.3, -0.25) is 13.8 Å². The number of amides is 1. The van der Waals surface area contributed by atoms with Gasteiger partial charge in [-0.1, -0.05) is 113 Å². The molecule has 52 heavy (non-hydrogen) atoms. The van der Waals surface area contributed by atoms with Crippen molar-refractivity contribution in [2.24, 2.45) is 0 Å². The molecular formula is C42H80N2O7P+. The molecule has 0 bridgehead atoms. The number of aliphatic hydroxyl groups excluding tert-OH is 2. The number of unbranched alkanes of at least 4 members (excludes halogenated alkanes) is 15. The Morgan fingerprint density at radius 2 is 1.17 bits per heavy atom. The van der Waals surface area contributed by atoms with Gasteiger partial charge in [-0.2, -0.15) is 0 Å². The lowest BCUT2D eigenvalue weighted by atomic mass is 10.0. The van der Waals surface area contributed by atoms with Gasteiger partial charge in [0.2, 0.25) is 5.91 Å². The fraction of sp³-hybridized carbons (Fsp3) is 0.786. The highest BCUT2D eigenvalue weighted by Gasteiger charge is 2.31. The summed E-state index contributed by atoms with van der Waals surface area (Å²) in [5.41, 5.74) is 0. The number of phosphoric acid groups is 1. The maximum Gasteiger partial charge on any atom is 0.472 e. The van der Waals surface area contributed by atoms with Gasteiger partial charge in [-0.25, -0.2) is 4.57 Å². The van der Waals surface area contributed by atoms with Crippen LogP contribution < -0.4 is 5.32 Å². The smallest absolute Gasteiger partial charge is 0.390 e. The van der Waals surface area contributed by atoms with E-state index in [0.717, 1.165) is 64.2 Å². The van der Waals surface area contributed by atoms with Crippen molar-refractivity contribution >= 4 is 13.7 Å². The van der Waals surface area contributed by atoms with Gasteiger partial charge in [0.05, 0.1) is 39.9 Å². The zero-order valence-electron chi connectivity index (χ0n) is 33.9. The van der Waals surface area contributed by atoms with Crippen molar-refractivity contribution in [3.8, 4) is 0 Å². The van der Waals surface area contributed by atoms with Crippen molar-refractivity contribution in [2.75, 3.05) is 40.9 Å². The Labute approximate surface area is 319 Å². The molecule has 0 aromatic heterocycles. The third-order valence-electron chi connectivity index (χ3n) is 8.94. The third-order valence-corrected chi connectivity index (χ3v) is 9.93. The molecule has 4 N–H and O–H groups in total. The summed E-state index contributed by atoms with van der Waals surface area (Å²) in [6, 6.07) is -1.06. The number of quaternary nitrogens is 1. The molecular weight excluding hydrogens is 675 g/mol. The molecule has 9 nitrogen and oxygen atoms in total. The van der Waals surface area contributed by atoms with E-state index in [4.69, 9.17) is 9.05 Å². The van der Waals surface area contributed by atoms with Crippen molar-refractivity contribution in [1.82, 2.24) is 5.32 Å². The van der Waals surface area contributed by atoms with Crippen molar-refractivity contribution in [1.29, 1.82) is 0 Å². The summed E-state index contributed by atoms with van der Waals surface area (Å²) in [5, 5.41) is 24.5. The average Bonchev–Trinajstić information content (AvgIpc) is 3.09. The van der Waals surface area contributed by atoms with Gasteiger partial charge in [-0.15, -0.1) is 0 Å². The highest BCUT2D eigenvalue weighted by atomic mass is 31.2. The second-order valence-electron chi connectivity index (χ2n) is 15.1. The Balaban J connectivity index is 4.63. The van der Waals surface area contributed by atoms with E-state index in [1.54, 1.807) is 0 Å². The Hall–Kier alpha value is -1.58. The Bertz CT molecular complexity index is 1010. The number of nitrogens with zero attached hydrogens (tertiary/aromatic N) is 1. The molecule has 0 rings (SSSR count). The normalized spacial score (nSPS) is 15.6. The van der Waals surface area contributed by atoms with Crippen LogP contribution in [0, 0.1) is 0 Å². The van der Waals surface area contributed by atoms with E-state index in [2.05, 4.69) is 60.8 Å². The van der Waals surface area contributed by atoms with Gasteiger partial charge in [0, 0.05) is 6.42 Å². The minimum absolute atomic E-state index is 0.00931. The van der Waals surface area contributed by atoms with E-state index in [0.29, 0.717) is 30.3 Å². The fourth-order valence-corrected chi connectivity index (χ4v) is 6.32. The molecule has 0 saturated carbocycles. The van der Waals surface area contributed by atoms with Crippen molar-refractivity contribution in [3.05, 3.63) is 48.6 Å². The predicted molar refractivity (Wildman–Crippen MR) is 218 cm³/mol. The lowest BCUT2D eigenvalue weighted by molar-refractivity contribution is -0.870. The SMILES string of the molecule is C/C=C/CC/C=C/CC/C=C/CCCC(O)C(O)C(COP(=O)(O)OCC[N+](C)(C)C)NC(=O)CCCCCCC/C=C\CCCCCCCCC. The van der Waals surface area contributed by atoms with E-state index < -0.39 is 32.7 Å². The molecule has 0 saturated heterocycles. The molecule has 0 radical (unpaired) electrons. The molecule has 0 spiro atoms. The second-order valence-corrected chi connectivity index (χ2v) is 16.6. The van der Waals surface area contributed by atoms with E-state index in [-0.39, 0.29) is 18.9 Å². The van der Waals surface area contributed by atoms with Crippen LogP contribution in [0.5, 0.6) is 0 Å². The number of aliphatic hydroxyl groups is 2. The number of likely N-dealkylation sites (N-methyl/N-ethyl adjacent to an activating group) is 1. The van der Waals surface area contributed by atoms with Gasteiger partial charge in [0.25, 0.3) is 0 Å². The third kappa shape index (κ3) is 34.2. The summed E-state index contributed by atoms with van der Waals surface area (Å²) in [7, 11) is 1.39. The topological polar surface area (TPSA) is 125 Å². The summed E-state index contributed by atoms with van der Waals surface area (Å²) in [5.74, 6) is -0.286. The molecule has 4 atom stereocenters. The lowest BCUT2D eigenvalue weighted by Gasteiger charge is -2.28. The Kier molecular flexibility index (Phi) is 32.9. The molecule has 304 valence electrons. The number of carbonyl (C=O) groups excluding carboxylic acids is 1. The minimum Gasteiger partial charge on any atom is -0.390 e. The maximum atomic E-state index is 12.9. The summed E-state index contributed by atoms with van der Waals surface area (Å²) in [6.07, 6.45) is 37.6. The Morgan fingerprint density at radius 3 is 1.71 bits per heavy atom. The number of carbonyl (C=O) groups is 1. The number of phosphoric ester groups is 1. The van der Waals surface area contributed by atoms with Crippen molar-refractivity contribution < 1.29 is 38.0 Å². The first-order valence-corrected chi connectivity index (χ1v) is 22.0. The second kappa shape index (κ2) is 33.9. The molecule has 10 heteroatoms. The van der Waals surface area contributed by atoms with E-state index in [1.165, 1.54) is 51.4 Å². The summed E-state index contributed by atoms with van der Waals surface area (Å²) < 4.78 is 23.4. The zero-order chi connectivity index (χ0) is 38.8. The fourth-order valence-electron chi connectivity index (χ4n) is 5.59. The molecule has 0 aliphatic carbocycles. The van der Waals surface area contributed by atoms with Gasteiger partial charge in [0.15, 0.2) is 0 Å². The molecule has 4 unspecified atom stereocenters. The number of rotatable bonds is 36. The van der Waals surface area contributed by atoms with E-state index >= 15 is 0 Å². The molecule has 0 aromatic carbocycles. The monoisotopic (exact) mass is 756 g/mol. The first-order chi connectivity index (χ1) is 24.9. The summed E-state index contributed by atoms with van der Waals surface area (Å²) >= 11 is 0. The van der Waals surface area contributed by atoms with Crippen LogP contribution in [0.25, 0.3) is 0 Å². The predicted octanol–water partition coefficient (Wildman–Crippen LogP) is 9.88. The molecule has 0 aliphatic rings. The van der Waals surface area contributed by atoms with Gasteiger partial charge in [-0.05, 0) is 84.0 Å². The number of hydrogen-bond acceptors (Lipinski definition) is 6. The molecule has 0 heterocycles. The quantitative estimate of drug-likeness (QED) is 0.0217. The van der Waals surface area contributed by atoms with Gasteiger partial charge in [0.1, 0.15) is 19.3 Å². The average molecular weight is 756 g/mol. The standard InChI is InChI=1S/C42H79N2O7P/c1-6-8-10-12-14-16-18-20-21-22-23-25-27-29-31-33-35-41(46)43-39(38-51-52(48,49)50-37-36-44(3,4)5)42(47)40(45)34-32-30-28-26-24-19-17-15-13-11-9-7-2/h7,9,15,17,21-22,26,28,39-40,42,45,47H,6,8,10-14,16,18-20,23-25,27,29-38H2,1-5H3,(H-,43,46,48,49)/p+1/b9-7+,17-15+,22-21-,28-26+. The summed E-state index contributed by atoms with van der Waals surface area (Å²) in [4.78, 5) is 23.1.